The highest BCUT2D eigenvalue weighted by molar-refractivity contribution is 9.10. The molecule has 1 aliphatic rings. The van der Waals surface area contributed by atoms with E-state index in [1.807, 2.05) is 6.92 Å². The Balaban J connectivity index is 2.24. The lowest BCUT2D eigenvalue weighted by atomic mass is 9.90. The van der Waals surface area contributed by atoms with Crippen LogP contribution in [0.5, 0.6) is 0 Å². The van der Waals surface area contributed by atoms with Crippen molar-refractivity contribution in [2.45, 2.75) is 25.8 Å². The van der Waals surface area contributed by atoms with E-state index in [-0.39, 0.29) is 11.8 Å². The average molecular weight is 315 g/mol. The van der Waals surface area contributed by atoms with Crippen LogP contribution in [0.15, 0.2) is 16.7 Å². The fourth-order valence-corrected chi connectivity index (χ4v) is 2.78. The van der Waals surface area contributed by atoms with Crippen molar-refractivity contribution >= 4 is 27.8 Å². The second-order valence-corrected chi connectivity index (χ2v) is 5.55. The molecule has 2 N–H and O–H groups in total. The van der Waals surface area contributed by atoms with E-state index >= 15 is 0 Å². The van der Waals surface area contributed by atoms with Gasteiger partial charge in [-0.2, -0.15) is 0 Å². The predicted molar refractivity (Wildman–Crippen MR) is 69.4 cm³/mol. The van der Waals surface area contributed by atoms with E-state index in [1.165, 1.54) is 4.90 Å². The molecule has 1 aromatic heterocycles. The monoisotopic (exact) mass is 314 g/mol. The molecule has 2 rings (SSSR count). The first-order valence-electron chi connectivity index (χ1n) is 5.88. The molecule has 1 aromatic rings. The fraction of sp³-hybridized carbons (Fsp3) is 0.500. The normalized spacial score (nSPS) is 24.0. The summed E-state index contributed by atoms with van der Waals surface area (Å²) in [4.78, 5) is 27.9. The zero-order valence-electron chi connectivity index (χ0n) is 10.0. The van der Waals surface area contributed by atoms with Gasteiger partial charge in [-0.05, 0) is 40.8 Å². The quantitative estimate of drug-likeness (QED) is 0.878. The van der Waals surface area contributed by atoms with Crippen LogP contribution < -0.4 is 0 Å². The Labute approximate surface area is 113 Å². The molecule has 0 saturated carbocycles. The standard InChI is InChI=1S/C12H15BrN2O3/c1-7-3-2-4-15(10(7)12(17)18)11(16)9-5-8(13)6-14-9/h5-7,10,14H,2-4H2,1H3,(H,17,18). The highest BCUT2D eigenvalue weighted by Gasteiger charge is 2.37. The molecule has 18 heavy (non-hydrogen) atoms. The van der Waals surface area contributed by atoms with Crippen LogP contribution >= 0.6 is 15.9 Å². The molecule has 0 aliphatic carbocycles. The maximum atomic E-state index is 12.3. The Morgan fingerprint density at radius 1 is 1.56 bits per heavy atom. The van der Waals surface area contributed by atoms with Gasteiger partial charge in [-0.15, -0.1) is 0 Å². The minimum atomic E-state index is -0.929. The Morgan fingerprint density at radius 2 is 2.28 bits per heavy atom. The summed E-state index contributed by atoms with van der Waals surface area (Å²) >= 11 is 3.26. The van der Waals surface area contributed by atoms with Crippen LogP contribution in [0.25, 0.3) is 0 Å². The molecule has 1 amide bonds. The third-order valence-corrected chi connectivity index (χ3v) is 3.78. The van der Waals surface area contributed by atoms with Crippen LogP contribution in [0.2, 0.25) is 0 Å². The molecule has 2 heterocycles. The van der Waals surface area contributed by atoms with Crippen molar-refractivity contribution in [2.24, 2.45) is 5.92 Å². The summed E-state index contributed by atoms with van der Waals surface area (Å²) < 4.78 is 0.780. The molecule has 1 aliphatic heterocycles. The number of nitrogens with zero attached hydrogens (tertiary/aromatic N) is 1. The van der Waals surface area contributed by atoms with E-state index < -0.39 is 12.0 Å². The van der Waals surface area contributed by atoms with Gasteiger partial charge in [0.25, 0.3) is 5.91 Å². The number of carbonyl (C=O) groups is 2. The number of rotatable bonds is 2. The lowest BCUT2D eigenvalue weighted by molar-refractivity contribution is -0.145. The van der Waals surface area contributed by atoms with Crippen LogP contribution in [0.1, 0.15) is 30.3 Å². The summed E-state index contributed by atoms with van der Waals surface area (Å²) in [6.07, 6.45) is 3.35. The van der Waals surface area contributed by atoms with Crippen LogP contribution in [0.3, 0.4) is 0 Å². The minimum Gasteiger partial charge on any atom is -0.480 e. The van der Waals surface area contributed by atoms with Gasteiger partial charge in [0.15, 0.2) is 0 Å². The van der Waals surface area contributed by atoms with Crippen LogP contribution in [-0.2, 0) is 4.79 Å². The van der Waals surface area contributed by atoms with Crippen molar-refractivity contribution in [2.75, 3.05) is 6.54 Å². The average Bonchev–Trinajstić information content (AvgIpc) is 2.74. The van der Waals surface area contributed by atoms with Gasteiger partial charge in [0.2, 0.25) is 0 Å². The number of halogens is 1. The molecule has 5 nitrogen and oxygen atoms in total. The lowest BCUT2D eigenvalue weighted by Crippen LogP contribution is -2.52. The first kappa shape index (κ1) is 13.1. The molecular formula is C12H15BrN2O3. The third-order valence-electron chi connectivity index (χ3n) is 3.33. The van der Waals surface area contributed by atoms with Gasteiger partial charge in [-0.25, -0.2) is 4.79 Å². The van der Waals surface area contributed by atoms with Gasteiger partial charge >= 0.3 is 5.97 Å². The van der Waals surface area contributed by atoms with Crippen molar-refractivity contribution < 1.29 is 14.7 Å². The summed E-state index contributed by atoms with van der Waals surface area (Å²) in [5.74, 6) is -1.19. The number of carboxylic acid groups (broad SMARTS) is 1. The van der Waals surface area contributed by atoms with E-state index in [9.17, 15) is 14.7 Å². The van der Waals surface area contributed by atoms with Gasteiger partial charge in [0.05, 0.1) is 0 Å². The maximum Gasteiger partial charge on any atom is 0.326 e. The van der Waals surface area contributed by atoms with Gasteiger partial charge in [0.1, 0.15) is 11.7 Å². The number of carboxylic acids is 1. The van der Waals surface area contributed by atoms with Gasteiger partial charge in [-0.1, -0.05) is 6.92 Å². The molecule has 6 heteroatoms. The topological polar surface area (TPSA) is 73.4 Å². The number of piperidine rings is 1. The van der Waals surface area contributed by atoms with E-state index in [0.717, 1.165) is 17.3 Å². The highest BCUT2D eigenvalue weighted by Crippen LogP contribution is 2.25. The number of carbonyl (C=O) groups excluding carboxylic acids is 1. The molecule has 0 spiro atoms. The summed E-state index contributed by atoms with van der Waals surface area (Å²) in [5.41, 5.74) is 0.419. The number of aromatic nitrogens is 1. The molecular weight excluding hydrogens is 300 g/mol. The number of hydrogen-bond acceptors (Lipinski definition) is 2. The Kier molecular flexibility index (Phi) is 3.75. The number of H-pyrrole nitrogens is 1. The lowest BCUT2D eigenvalue weighted by Gasteiger charge is -2.37. The number of aromatic amines is 1. The summed E-state index contributed by atoms with van der Waals surface area (Å²) in [5, 5.41) is 9.27. The van der Waals surface area contributed by atoms with Gasteiger partial charge in [-0.3, -0.25) is 4.79 Å². The number of aliphatic carboxylic acids is 1. The van der Waals surface area contributed by atoms with E-state index in [0.29, 0.717) is 12.2 Å². The van der Waals surface area contributed by atoms with E-state index in [4.69, 9.17) is 0 Å². The largest absolute Gasteiger partial charge is 0.480 e. The first-order chi connectivity index (χ1) is 8.50. The molecule has 1 saturated heterocycles. The van der Waals surface area contributed by atoms with Crippen molar-refractivity contribution in [1.82, 2.24) is 9.88 Å². The van der Waals surface area contributed by atoms with Crippen LogP contribution in [0.4, 0.5) is 0 Å². The summed E-state index contributed by atoms with van der Waals surface area (Å²) in [7, 11) is 0. The Hall–Kier alpha value is -1.30. The smallest absolute Gasteiger partial charge is 0.326 e. The molecule has 0 radical (unpaired) electrons. The number of amides is 1. The number of likely N-dealkylation sites (tertiary alicyclic amines) is 1. The molecule has 2 atom stereocenters. The van der Waals surface area contributed by atoms with E-state index in [2.05, 4.69) is 20.9 Å². The predicted octanol–water partition coefficient (Wildman–Crippen LogP) is 2.10. The number of nitrogens with one attached hydrogen (secondary N) is 1. The van der Waals surface area contributed by atoms with E-state index in [1.54, 1.807) is 12.3 Å². The second-order valence-electron chi connectivity index (χ2n) is 4.63. The fourth-order valence-electron chi connectivity index (χ4n) is 2.44. The Bertz CT molecular complexity index is 472. The van der Waals surface area contributed by atoms with Crippen LogP contribution in [-0.4, -0.2) is 39.5 Å². The molecule has 0 bridgehead atoms. The SMILES string of the molecule is CC1CCCN(C(=O)c2cc(Br)c[nH]2)C1C(=O)O. The van der Waals surface area contributed by atoms with Crippen molar-refractivity contribution in [3.05, 3.63) is 22.4 Å². The minimum absolute atomic E-state index is 0.0152. The van der Waals surface area contributed by atoms with Crippen molar-refractivity contribution in [1.29, 1.82) is 0 Å². The third kappa shape index (κ3) is 2.43. The molecule has 0 aromatic carbocycles. The molecule has 98 valence electrons. The van der Waals surface area contributed by atoms with Gasteiger partial charge < -0.3 is 15.0 Å². The van der Waals surface area contributed by atoms with Crippen LogP contribution in [0, 0.1) is 5.92 Å². The molecule has 2 unspecified atom stereocenters. The number of hydrogen-bond donors (Lipinski definition) is 2. The Morgan fingerprint density at radius 3 is 2.83 bits per heavy atom. The highest BCUT2D eigenvalue weighted by atomic mass is 79.9. The second kappa shape index (κ2) is 5.14. The maximum absolute atomic E-state index is 12.3. The summed E-state index contributed by atoms with van der Waals surface area (Å²) in [6.45, 7) is 2.37. The zero-order chi connectivity index (χ0) is 13.3. The molecule has 1 fully saturated rings. The van der Waals surface area contributed by atoms with Crippen molar-refractivity contribution in [3.8, 4) is 0 Å². The van der Waals surface area contributed by atoms with Crippen molar-refractivity contribution in [3.63, 3.8) is 0 Å². The summed E-state index contributed by atoms with van der Waals surface area (Å²) in [6, 6.07) is 0.939. The zero-order valence-corrected chi connectivity index (χ0v) is 11.6. The first-order valence-corrected chi connectivity index (χ1v) is 6.67. The van der Waals surface area contributed by atoms with Gasteiger partial charge in [0, 0.05) is 17.2 Å².